The van der Waals surface area contributed by atoms with Crippen LogP contribution in [0.4, 0.5) is 5.69 Å². The van der Waals surface area contributed by atoms with Crippen molar-refractivity contribution in [1.82, 2.24) is 5.32 Å². The van der Waals surface area contributed by atoms with Gasteiger partial charge in [-0.25, -0.2) is 0 Å². The molecule has 0 fully saturated rings. The highest BCUT2D eigenvalue weighted by atomic mass is 16.5. The number of hydrogen-bond donors (Lipinski definition) is 2. The molecule has 4 nitrogen and oxygen atoms in total. The molecule has 122 valence electrons. The summed E-state index contributed by atoms with van der Waals surface area (Å²) in [5.41, 5.74) is 8.25. The van der Waals surface area contributed by atoms with Crippen molar-refractivity contribution >= 4 is 11.5 Å². The number of ether oxygens (including phenoxy) is 1. The molecule has 0 aromatic heterocycles. The minimum absolute atomic E-state index is 0.0647. The van der Waals surface area contributed by atoms with Crippen molar-refractivity contribution in [2.75, 3.05) is 19.4 Å². The zero-order valence-electron chi connectivity index (χ0n) is 13.7. The van der Waals surface area contributed by atoms with E-state index in [4.69, 9.17) is 10.5 Å². The quantitative estimate of drug-likeness (QED) is 0.581. The smallest absolute Gasteiger partial charge is 0.179 e. The van der Waals surface area contributed by atoms with Crippen LogP contribution in [0.25, 0.3) is 0 Å². The van der Waals surface area contributed by atoms with Crippen LogP contribution in [0.3, 0.4) is 0 Å². The maximum Gasteiger partial charge on any atom is 0.179 e. The Morgan fingerprint density at radius 2 is 1.96 bits per heavy atom. The third-order valence-corrected chi connectivity index (χ3v) is 3.89. The van der Waals surface area contributed by atoms with E-state index in [1.54, 1.807) is 25.3 Å². The molecule has 0 bridgehead atoms. The maximum atomic E-state index is 12.6. The molecule has 0 aliphatic carbocycles. The van der Waals surface area contributed by atoms with Crippen LogP contribution in [0.2, 0.25) is 0 Å². The van der Waals surface area contributed by atoms with Crippen LogP contribution in [-0.4, -0.2) is 25.5 Å². The van der Waals surface area contributed by atoms with Gasteiger partial charge < -0.3 is 15.8 Å². The number of carbonyl (C=O) groups excluding carboxylic acids is 1. The number of nitrogens with two attached hydrogens (primary N) is 1. The summed E-state index contributed by atoms with van der Waals surface area (Å²) in [6.07, 6.45) is 1.63. The van der Waals surface area contributed by atoms with Crippen LogP contribution in [-0.2, 0) is 6.42 Å². The van der Waals surface area contributed by atoms with Crippen LogP contribution in [0.1, 0.15) is 29.3 Å². The van der Waals surface area contributed by atoms with Crippen LogP contribution in [0, 0.1) is 0 Å². The van der Waals surface area contributed by atoms with Crippen molar-refractivity contribution in [3.05, 3.63) is 59.7 Å². The van der Waals surface area contributed by atoms with E-state index in [0.29, 0.717) is 17.0 Å². The lowest BCUT2D eigenvalue weighted by Crippen LogP contribution is -2.37. The first-order valence-electron chi connectivity index (χ1n) is 7.90. The summed E-state index contributed by atoms with van der Waals surface area (Å²) >= 11 is 0. The zero-order chi connectivity index (χ0) is 16.7. The number of nitrogen functional groups attached to an aromatic ring is 1. The number of rotatable bonds is 8. The zero-order valence-corrected chi connectivity index (χ0v) is 13.7. The first-order chi connectivity index (χ1) is 11.2. The van der Waals surface area contributed by atoms with E-state index < -0.39 is 0 Å². The number of ketones is 1. The van der Waals surface area contributed by atoms with E-state index in [-0.39, 0.29) is 11.8 Å². The molecule has 0 radical (unpaired) electrons. The molecular formula is C19H24N2O2. The molecule has 0 saturated heterocycles. The molecule has 2 aromatic carbocycles. The number of hydrogen-bond acceptors (Lipinski definition) is 4. The molecular weight excluding hydrogens is 288 g/mol. The number of Topliss-reactive ketones (excluding diaryl/α,β-unsaturated/α-hetero) is 1. The van der Waals surface area contributed by atoms with Crippen molar-refractivity contribution in [3.63, 3.8) is 0 Å². The van der Waals surface area contributed by atoms with Gasteiger partial charge in [0.1, 0.15) is 5.75 Å². The standard InChI is InChI=1S/C19H24N2O2/c1-3-17(21-12-11-14-7-5-4-6-8-14)19(22)15-9-10-18(23-2)16(20)13-15/h4-10,13,17,21H,3,11-12,20H2,1-2H3. The molecule has 23 heavy (non-hydrogen) atoms. The Morgan fingerprint density at radius 3 is 2.57 bits per heavy atom. The fourth-order valence-electron chi connectivity index (χ4n) is 2.55. The van der Waals surface area contributed by atoms with E-state index in [9.17, 15) is 4.79 Å². The second-order valence-electron chi connectivity index (χ2n) is 5.47. The Labute approximate surface area is 137 Å². The van der Waals surface area contributed by atoms with Crippen LogP contribution < -0.4 is 15.8 Å². The molecule has 0 aliphatic heterocycles. The predicted octanol–water partition coefficient (Wildman–Crippen LogP) is 3.07. The van der Waals surface area contributed by atoms with Crippen molar-refractivity contribution in [2.24, 2.45) is 0 Å². The Hall–Kier alpha value is -2.33. The van der Waals surface area contributed by atoms with Gasteiger partial charge in [0.25, 0.3) is 0 Å². The summed E-state index contributed by atoms with van der Waals surface area (Å²) in [6, 6.07) is 15.2. The van der Waals surface area contributed by atoms with Gasteiger partial charge in [0.05, 0.1) is 18.8 Å². The summed E-state index contributed by atoms with van der Waals surface area (Å²) < 4.78 is 5.13. The fourth-order valence-corrected chi connectivity index (χ4v) is 2.55. The van der Waals surface area contributed by atoms with Gasteiger partial charge in [-0.2, -0.15) is 0 Å². The molecule has 2 rings (SSSR count). The normalized spacial score (nSPS) is 11.9. The van der Waals surface area contributed by atoms with Gasteiger partial charge in [-0.1, -0.05) is 37.3 Å². The predicted molar refractivity (Wildman–Crippen MR) is 94.0 cm³/mol. The average Bonchev–Trinajstić information content (AvgIpc) is 2.59. The number of nitrogens with one attached hydrogen (secondary N) is 1. The van der Waals surface area contributed by atoms with Gasteiger partial charge in [0.15, 0.2) is 5.78 Å². The highest BCUT2D eigenvalue weighted by Crippen LogP contribution is 2.22. The lowest BCUT2D eigenvalue weighted by Gasteiger charge is -2.16. The van der Waals surface area contributed by atoms with Gasteiger partial charge in [-0.15, -0.1) is 0 Å². The minimum atomic E-state index is -0.202. The highest BCUT2D eigenvalue weighted by molar-refractivity contribution is 6.01. The van der Waals surface area contributed by atoms with Crippen molar-refractivity contribution in [1.29, 1.82) is 0 Å². The van der Waals surface area contributed by atoms with Gasteiger partial charge >= 0.3 is 0 Å². The maximum absolute atomic E-state index is 12.6. The number of benzene rings is 2. The molecule has 0 amide bonds. The monoisotopic (exact) mass is 312 g/mol. The first kappa shape index (κ1) is 17.0. The van der Waals surface area contributed by atoms with Gasteiger partial charge in [-0.05, 0) is 43.1 Å². The summed E-state index contributed by atoms with van der Waals surface area (Å²) in [7, 11) is 1.56. The first-order valence-corrected chi connectivity index (χ1v) is 7.90. The summed E-state index contributed by atoms with van der Waals surface area (Å²) in [4.78, 5) is 12.6. The lowest BCUT2D eigenvalue weighted by atomic mass is 10.0. The Kier molecular flexibility index (Phi) is 6.18. The van der Waals surface area contributed by atoms with Gasteiger partial charge in [-0.3, -0.25) is 4.79 Å². The number of anilines is 1. The molecule has 1 atom stereocenters. The highest BCUT2D eigenvalue weighted by Gasteiger charge is 2.18. The summed E-state index contributed by atoms with van der Waals surface area (Å²) in [5.74, 6) is 0.654. The van der Waals surface area contributed by atoms with Crippen LogP contribution >= 0.6 is 0 Å². The molecule has 0 saturated carbocycles. The van der Waals surface area contributed by atoms with E-state index in [1.807, 2.05) is 25.1 Å². The van der Waals surface area contributed by atoms with Gasteiger partial charge in [0, 0.05) is 5.56 Å². The largest absolute Gasteiger partial charge is 0.495 e. The molecule has 2 aromatic rings. The Bertz CT molecular complexity index is 641. The molecule has 1 unspecified atom stereocenters. The number of methoxy groups -OCH3 is 1. The molecule has 4 heteroatoms. The van der Waals surface area contributed by atoms with E-state index in [1.165, 1.54) is 5.56 Å². The topological polar surface area (TPSA) is 64.3 Å². The van der Waals surface area contributed by atoms with E-state index >= 15 is 0 Å². The van der Waals surface area contributed by atoms with Crippen molar-refractivity contribution in [3.8, 4) is 5.75 Å². The average molecular weight is 312 g/mol. The van der Waals surface area contributed by atoms with Gasteiger partial charge in [0.2, 0.25) is 0 Å². The second-order valence-corrected chi connectivity index (χ2v) is 5.47. The molecule has 0 spiro atoms. The summed E-state index contributed by atoms with van der Waals surface area (Å²) in [6.45, 7) is 2.77. The van der Waals surface area contributed by atoms with Crippen LogP contribution in [0.15, 0.2) is 48.5 Å². The van der Waals surface area contributed by atoms with Crippen molar-refractivity contribution < 1.29 is 9.53 Å². The lowest BCUT2D eigenvalue weighted by molar-refractivity contribution is 0.0941. The van der Waals surface area contributed by atoms with Crippen LogP contribution in [0.5, 0.6) is 5.75 Å². The SMILES string of the molecule is CCC(NCCc1ccccc1)C(=O)c1ccc(OC)c(N)c1. The second kappa shape index (κ2) is 8.34. The fraction of sp³-hybridized carbons (Fsp3) is 0.316. The Balaban J connectivity index is 1.96. The van der Waals surface area contributed by atoms with E-state index in [2.05, 4.69) is 17.4 Å². The summed E-state index contributed by atoms with van der Waals surface area (Å²) in [5, 5.41) is 3.34. The van der Waals surface area contributed by atoms with Crippen molar-refractivity contribution in [2.45, 2.75) is 25.8 Å². The third-order valence-electron chi connectivity index (χ3n) is 3.89. The minimum Gasteiger partial charge on any atom is -0.495 e. The number of carbonyl (C=O) groups is 1. The third kappa shape index (κ3) is 4.57. The molecule has 0 heterocycles. The van der Waals surface area contributed by atoms with E-state index in [0.717, 1.165) is 19.4 Å². The molecule has 0 aliphatic rings. The molecule has 3 N–H and O–H groups in total. The Morgan fingerprint density at radius 1 is 1.22 bits per heavy atom.